The van der Waals surface area contributed by atoms with Gasteiger partial charge in [-0.3, -0.25) is 0 Å². The average molecular weight is 1370 g/mol. The van der Waals surface area contributed by atoms with Gasteiger partial charge in [-0.15, -0.1) is 0 Å². The minimum absolute atomic E-state index is 0.906. The average Bonchev–Trinajstić information content (AvgIpc) is 0.734. The second-order valence-electron chi connectivity index (χ2n) is 28.0. The highest BCUT2D eigenvalue weighted by atomic mass is 14.8. The van der Waals surface area contributed by atoms with Crippen LogP contribution in [0.5, 0.6) is 0 Å². The van der Waals surface area contributed by atoms with Gasteiger partial charge in [-0.05, 0) is 149 Å². The van der Waals surface area contributed by atoms with Crippen molar-refractivity contribution in [1.82, 2.24) is 29.9 Å². The third-order valence-electron chi connectivity index (χ3n) is 21.6. The molecule has 6 heteroatoms. The third-order valence-corrected chi connectivity index (χ3v) is 21.6. The zero-order chi connectivity index (χ0) is 71.2. The van der Waals surface area contributed by atoms with E-state index in [2.05, 4.69) is 358 Å². The number of nitrogens with zero attached hydrogens (tertiary/aromatic N) is 6. The summed E-state index contributed by atoms with van der Waals surface area (Å²) in [5.74, 6) is 0. The van der Waals surface area contributed by atoms with Crippen molar-refractivity contribution in [3.8, 4) is 89.5 Å². The van der Waals surface area contributed by atoms with E-state index < -0.39 is 0 Å². The van der Waals surface area contributed by atoms with Gasteiger partial charge in [-0.25, -0.2) is 29.9 Å². The van der Waals surface area contributed by atoms with Crippen LogP contribution in [0.15, 0.2) is 376 Å². The van der Waals surface area contributed by atoms with E-state index in [9.17, 15) is 0 Å². The van der Waals surface area contributed by atoms with Gasteiger partial charge in [0.2, 0.25) is 0 Å². The summed E-state index contributed by atoms with van der Waals surface area (Å²) >= 11 is 0. The first-order valence-electron chi connectivity index (χ1n) is 36.7. The lowest BCUT2D eigenvalue weighted by atomic mass is 9.87. The van der Waals surface area contributed by atoms with Crippen LogP contribution >= 0.6 is 0 Å². The van der Waals surface area contributed by atoms with Gasteiger partial charge in [-0.2, -0.15) is 0 Å². The largest absolute Gasteiger partial charge is 0.248 e. The number of hydrogen-bond acceptors (Lipinski definition) is 6. The monoisotopic (exact) mass is 1370 g/mol. The van der Waals surface area contributed by atoms with Crippen molar-refractivity contribution in [3.05, 3.63) is 376 Å². The predicted octanol–water partition coefficient (Wildman–Crippen LogP) is 26.9. The molecule has 0 bridgehead atoms. The van der Waals surface area contributed by atoms with Crippen molar-refractivity contribution in [1.29, 1.82) is 0 Å². The molecule has 22 rings (SSSR count). The van der Waals surface area contributed by atoms with E-state index in [-0.39, 0.29) is 0 Å². The van der Waals surface area contributed by atoms with E-state index >= 15 is 0 Å². The Morgan fingerprint density at radius 1 is 0.130 bits per heavy atom. The second-order valence-corrected chi connectivity index (χ2v) is 28.0. The summed E-state index contributed by atoms with van der Waals surface area (Å²) in [6, 6.07) is 134. The molecular weight excluding hydrogens is 1310 g/mol. The molecule has 0 aliphatic heterocycles. The van der Waals surface area contributed by atoms with Crippen LogP contribution in [0, 0.1) is 0 Å². The molecule has 6 heterocycles. The van der Waals surface area contributed by atoms with E-state index in [1.807, 2.05) is 18.2 Å². The molecule has 6 nitrogen and oxygen atoms in total. The Bertz CT molecular complexity index is 7350. The van der Waals surface area contributed by atoms with E-state index in [4.69, 9.17) is 29.9 Å². The minimum Gasteiger partial charge on any atom is -0.248 e. The molecule has 0 N–H and O–H groups in total. The van der Waals surface area contributed by atoms with Crippen LogP contribution in [-0.2, 0) is 0 Å². The van der Waals surface area contributed by atoms with Gasteiger partial charge >= 0.3 is 0 Å². The molecule has 0 fully saturated rings. The van der Waals surface area contributed by atoms with Crippen molar-refractivity contribution in [2.45, 2.75) is 0 Å². The zero-order valence-corrected chi connectivity index (χ0v) is 58.5. The quantitative estimate of drug-likeness (QED) is 0.111. The molecule has 500 valence electrons. The van der Waals surface area contributed by atoms with Crippen LogP contribution in [0.25, 0.3) is 220 Å². The first kappa shape index (κ1) is 62.1. The van der Waals surface area contributed by atoms with Crippen LogP contribution in [-0.4, -0.2) is 29.9 Å². The van der Waals surface area contributed by atoms with Crippen LogP contribution in [0.4, 0.5) is 0 Å². The summed E-state index contributed by atoms with van der Waals surface area (Å²) in [6.07, 6.45) is 0. The van der Waals surface area contributed by atoms with Crippen molar-refractivity contribution >= 4 is 130 Å². The van der Waals surface area contributed by atoms with Gasteiger partial charge in [0.25, 0.3) is 0 Å². The first-order valence-corrected chi connectivity index (χ1v) is 36.7. The van der Waals surface area contributed by atoms with Crippen LogP contribution in [0.1, 0.15) is 0 Å². The smallest absolute Gasteiger partial charge is 0.0978 e. The lowest BCUT2D eigenvalue weighted by Gasteiger charge is -2.18. The normalized spacial score (nSPS) is 11.7. The molecule has 0 spiro atoms. The Labute approximate surface area is 621 Å². The van der Waals surface area contributed by atoms with Crippen LogP contribution in [0.2, 0.25) is 0 Å². The van der Waals surface area contributed by atoms with Crippen molar-refractivity contribution in [2.24, 2.45) is 0 Å². The SMILES string of the molecule is c1ccc(-c2c3ccccc3nc3c2ccc2ccc(-c4c5ccccc5c(-c5ccc(-c6ccc7ccccc7n6)cc5)c5ccccc45)nc23)cc1.c1ccc(-c2c3ccccc3nc3c2ccc2ccc(-c4ccc5cc6cc(-c7ccc(-c8ccc9ccccc9n8)cc7)ccc6cc5c4)nc23)cc1. The summed E-state index contributed by atoms with van der Waals surface area (Å²) in [4.78, 5) is 31.1. The maximum atomic E-state index is 5.52. The number of fused-ring (bicyclic) bond motifs is 14. The maximum Gasteiger partial charge on any atom is 0.0978 e. The molecule has 0 atom stereocenters. The maximum absolute atomic E-state index is 5.52. The molecular formula is C102H62N6. The molecule has 0 saturated heterocycles. The molecule has 0 aliphatic carbocycles. The van der Waals surface area contributed by atoms with Crippen molar-refractivity contribution in [2.75, 3.05) is 0 Å². The van der Waals surface area contributed by atoms with Gasteiger partial charge in [0.05, 0.1) is 66.9 Å². The van der Waals surface area contributed by atoms with Gasteiger partial charge in [0.15, 0.2) is 0 Å². The van der Waals surface area contributed by atoms with Gasteiger partial charge in [0.1, 0.15) is 0 Å². The number of para-hydroxylation sites is 4. The molecule has 22 aromatic rings. The topological polar surface area (TPSA) is 77.3 Å². The number of aromatic nitrogens is 6. The third kappa shape index (κ3) is 10.8. The second kappa shape index (κ2) is 25.7. The van der Waals surface area contributed by atoms with E-state index in [1.165, 1.54) is 87.6 Å². The fourth-order valence-corrected chi connectivity index (χ4v) is 16.4. The standard InChI is InChI=1S/2C51H31N3/c1-2-13-34(14-3-1)48-41-19-9-11-21-45(41)53-51-42(48)29-26-36-28-31-46(54-50(36)51)49-39-17-7-5-15-37(39)47(38-16-6-8-18-40(38)49)35-24-22-33(23-25-35)44-30-27-32-12-4-10-20-43(32)52-44;1-2-9-35(10-3-1)49-43-11-5-7-13-48(43)54-51-44(49)25-22-36-24-27-47(53-50(36)51)40-21-20-39-29-41-28-37(18-19-38(41)30-42(39)31-40)32-14-16-34(17-15-32)46-26-23-33-8-4-6-12-45(33)52-46/h2*1-31H. The molecule has 16 aromatic carbocycles. The number of benzene rings is 16. The number of pyridine rings is 6. The molecule has 0 aliphatic rings. The molecule has 0 amide bonds. The summed E-state index contributed by atoms with van der Waals surface area (Å²) in [5, 5.41) is 18.5. The number of hydrogen-bond donors (Lipinski definition) is 0. The lowest BCUT2D eigenvalue weighted by Crippen LogP contribution is -1.95. The summed E-state index contributed by atoms with van der Waals surface area (Å²) in [7, 11) is 0. The Morgan fingerprint density at radius 3 is 0.954 bits per heavy atom. The fourth-order valence-electron chi connectivity index (χ4n) is 16.4. The Morgan fingerprint density at radius 2 is 0.454 bits per heavy atom. The van der Waals surface area contributed by atoms with Crippen molar-refractivity contribution < 1.29 is 0 Å². The van der Waals surface area contributed by atoms with Crippen molar-refractivity contribution in [3.63, 3.8) is 0 Å². The lowest BCUT2D eigenvalue weighted by molar-refractivity contribution is 1.40. The van der Waals surface area contributed by atoms with Crippen LogP contribution < -0.4 is 0 Å². The molecule has 0 unspecified atom stereocenters. The molecule has 6 aromatic heterocycles. The highest BCUT2D eigenvalue weighted by molar-refractivity contribution is 6.23. The van der Waals surface area contributed by atoms with Crippen LogP contribution in [0.3, 0.4) is 0 Å². The fraction of sp³-hybridized carbons (Fsp3) is 0. The van der Waals surface area contributed by atoms with E-state index in [0.29, 0.717) is 0 Å². The Hall–Kier alpha value is -14.5. The number of rotatable bonds is 8. The van der Waals surface area contributed by atoms with Gasteiger partial charge < -0.3 is 0 Å². The van der Waals surface area contributed by atoms with Gasteiger partial charge in [-0.1, -0.05) is 303 Å². The molecule has 108 heavy (non-hydrogen) atoms. The first-order chi connectivity index (χ1) is 53.5. The van der Waals surface area contributed by atoms with E-state index in [0.717, 1.165) is 132 Å². The highest BCUT2D eigenvalue weighted by Gasteiger charge is 2.22. The molecule has 0 saturated carbocycles. The summed E-state index contributed by atoms with van der Waals surface area (Å²) in [6.45, 7) is 0. The summed E-state index contributed by atoms with van der Waals surface area (Å²) < 4.78 is 0. The Kier molecular flexibility index (Phi) is 14.8. The predicted molar refractivity (Wildman–Crippen MR) is 453 cm³/mol. The minimum atomic E-state index is 0.906. The Balaban J connectivity index is 0.000000138. The summed E-state index contributed by atoms with van der Waals surface area (Å²) in [5.41, 5.74) is 25.4. The van der Waals surface area contributed by atoms with E-state index in [1.54, 1.807) is 0 Å². The highest BCUT2D eigenvalue weighted by Crippen LogP contribution is 2.46. The zero-order valence-electron chi connectivity index (χ0n) is 58.5. The van der Waals surface area contributed by atoms with Gasteiger partial charge in [0, 0.05) is 76.5 Å². The molecule has 0 radical (unpaired) electrons.